The van der Waals surface area contributed by atoms with Crippen LogP contribution in [0.25, 0.3) is 0 Å². The van der Waals surface area contributed by atoms with Crippen molar-refractivity contribution >= 4 is 15.9 Å². The fourth-order valence-corrected chi connectivity index (χ4v) is 3.19. The maximum absolute atomic E-state index is 3.74. The summed E-state index contributed by atoms with van der Waals surface area (Å²) in [5.74, 6) is 0. The number of hydrogen-bond acceptors (Lipinski definition) is 2. The van der Waals surface area contributed by atoms with Gasteiger partial charge in [-0.2, -0.15) is 0 Å². The van der Waals surface area contributed by atoms with E-state index < -0.39 is 0 Å². The zero-order valence-electron chi connectivity index (χ0n) is 13.2. The molecule has 0 bridgehead atoms. The van der Waals surface area contributed by atoms with Crippen molar-refractivity contribution in [2.75, 3.05) is 6.54 Å². The average Bonchev–Trinajstić information content (AvgIpc) is 2.75. The lowest BCUT2D eigenvalue weighted by Gasteiger charge is -2.23. The lowest BCUT2D eigenvalue weighted by Crippen LogP contribution is -2.35. The summed E-state index contributed by atoms with van der Waals surface area (Å²) in [6, 6.07) is 7.51. The predicted molar refractivity (Wildman–Crippen MR) is 89.8 cm³/mol. The van der Waals surface area contributed by atoms with Crippen LogP contribution in [0.15, 0.2) is 22.7 Å². The fraction of sp³-hybridized carbons (Fsp3) is 0.647. The van der Waals surface area contributed by atoms with Gasteiger partial charge in [0.05, 0.1) is 0 Å². The maximum atomic E-state index is 3.74. The number of benzene rings is 1. The fourth-order valence-electron chi connectivity index (χ4n) is 2.64. The Morgan fingerprint density at radius 2 is 2.10 bits per heavy atom. The highest BCUT2D eigenvalue weighted by Gasteiger charge is 2.20. The highest BCUT2D eigenvalue weighted by Crippen LogP contribution is 2.25. The molecule has 2 nitrogen and oxygen atoms in total. The van der Waals surface area contributed by atoms with Gasteiger partial charge in [-0.1, -0.05) is 28.1 Å². The number of nitrogens with zero attached hydrogens (tertiary/aromatic N) is 1. The molecule has 0 aromatic heterocycles. The normalized spacial score (nSPS) is 20.6. The number of rotatable bonds is 4. The molecule has 1 heterocycles. The summed E-state index contributed by atoms with van der Waals surface area (Å²) in [7, 11) is 0. The lowest BCUT2D eigenvalue weighted by molar-refractivity contribution is 0.260. The molecule has 112 valence electrons. The van der Waals surface area contributed by atoms with E-state index in [2.05, 4.69) is 72.0 Å². The lowest BCUT2D eigenvalue weighted by atomic mass is 10.1. The zero-order chi connectivity index (χ0) is 14.8. The minimum Gasteiger partial charge on any atom is -0.308 e. The Morgan fingerprint density at radius 3 is 2.65 bits per heavy atom. The summed E-state index contributed by atoms with van der Waals surface area (Å²) in [4.78, 5) is 2.58. The van der Waals surface area contributed by atoms with E-state index in [1.165, 1.54) is 35.0 Å². The Kier molecular flexibility index (Phi) is 5.27. The molecule has 1 unspecified atom stereocenters. The topological polar surface area (TPSA) is 15.3 Å². The minimum atomic E-state index is 0.163. The smallest absolute Gasteiger partial charge is 0.0247 e. The van der Waals surface area contributed by atoms with Crippen LogP contribution in [0, 0.1) is 0 Å². The molecule has 0 spiro atoms. The summed E-state index contributed by atoms with van der Waals surface area (Å²) in [6.45, 7) is 12.2. The molecule has 0 radical (unpaired) electrons. The van der Waals surface area contributed by atoms with Crippen LogP contribution >= 0.6 is 15.9 Å². The van der Waals surface area contributed by atoms with Crippen molar-refractivity contribution in [3.8, 4) is 0 Å². The maximum Gasteiger partial charge on any atom is 0.0247 e. The van der Waals surface area contributed by atoms with Gasteiger partial charge in [0.25, 0.3) is 0 Å². The van der Waals surface area contributed by atoms with Crippen molar-refractivity contribution in [3.63, 3.8) is 0 Å². The molecule has 2 rings (SSSR count). The van der Waals surface area contributed by atoms with E-state index in [1.807, 2.05) is 0 Å². The number of nitrogens with one attached hydrogen (secondary N) is 1. The first-order chi connectivity index (χ1) is 9.35. The van der Waals surface area contributed by atoms with Crippen LogP contribution in [0.1, 0.15) is 51.7 Å². The molecule has 1 atom stereocenters. The Hall–Kier alpha value is -0.380. The summed E-state index contributed by atoms with van der Waals surface area (Å²) in [6.07, 6.45) is 2.68. The molecular formula is C17H27BrN2. The second kappa shape index (κ2) is 6.59. The van der Waals surface area contributed by atoms with Crippen LogP contribution in [-0.4, -0.2) is 23.0 Å². The van der Waals surface area contributed by atoms with Crippen molar-refractivity contribution in [2.45, 2.75) is 65.2 Å². The van der Waals surface area contributed by atoms with E-state index in [0.29, 0.717) is 0 Å². The van der Waals surface area contributed by atoms with Gasteiger partial charge in [0, 0.05) is 29.1 Å². The Labute approximate surface area is 132 Å². The molecule has 1 aliphatic heterocycles. The van der Waals surface area contributed by atoms with Crippen LogP contribution in [0.5, 0.6) is 0 Å². The summed E-state index contributed by atoms with van der Waals surface area (Å²) >= 11 is 3.74. The van der Waals surface area contributed by atoms with Crippen LogP contribution in [0.4, 0.5) is 0 Å². The standard InChI is InChI=1S/C17H27BrN2/c1-13-6-5-9-20(13)12-15-8-7-14(10-16(15)18)11-19-17(2,3)4/h7-8,10,13,19H,5-6,9,11-12H2,1-4H3. The van der Waals surface area contributed by atoms with E-state index in [-0.39, 0.29) is 5.54 Å². The summed E-state index contributed by atoms with van der Waals surface area (Å²) in [5.41, 5.74) is 2.90. The van der Waals surface area contributed by atoms with Crippen LogP contribution in [0.2, 0.25) is 0 Å². The predicted octanol–water partition coefficient (Wildman–Crippen LogP) is 4.32. The number of hydrogen-bond donors (Lipinski definition) is 1. The third-order valence-electron chi connectivity index (χ3n) is 4.00. The monoisotopic (exact) mass is 338 g/mol. The van der Waals surface area contributed by atoms with Gasteiger partial charge in [-0.15, -0.1) is 0 Å². The van der Waals surface area contributed by atoms with Crippen molar-refractivity contribution in [1.82, 2.24) is 10.2 Å². The van der Waals surface area contributed by atoms with E-state index in [1.54, 1.807) is 0 Å². The average molecular weight is 339 g/mol. The van der Waals surface area contributed by atoms with E-state index in [0.717, 1.165) is 19.1 Å². The van der Waals surface area contributed by atoms with Gasteiger partial charge in [-0.3, -0.25) is 4.90 Å². The SMILES string of the molecule is CC1CCCN1Cc1ccc(CNC(C)(C)C)cc1Br. The molecule has 0 amide bonds. The number of likely N-dealkylation sites (tertiary alicyclic amines) is 1. The summed E-state index contributed by atoms with van der Waals surface area (Å²) < 4.78 is 1.24. The Bertz CT molecular complexity index is 451. The molecule has 1 aromatic rings. The molecule has 1 N–H and O–H groups in total. The first kappa shape index (κ1) is 16.0. The highest BCUT2D eigenvalue weighted by atomic mass is 79.9. The van der Waals surface area contributed by atoms with Crippen molar-refractivity contribution in [3.05, 3.63) is 33.8 Å². The van der Waals surface area contributed by atoms with Gasteiger partial charge in [-0.25, -0.2) is 0 Å². The van der Waals surface area contributed by atoms with Gasteiger partial charge in [0.15, 0.2) is 0 Å². The summed E-state index contributed by atoms with van der Waals surface area (Å²) in [5, 5.41) is 3.53. The molecule has 1 saturated heterocycles. The second-order valence-corrected chi connectivity index (χ2v) is 7.85. The molecule has 1 aromatic carbocycles. The van der Waals surface area contributed by atoms with E-state index in [9.17, 15) is 0 Å². The molecular weight excluding hydrogens is 312 g/mol. The van der Waals surface area contributed by atoms with Crippen LogP contribution in [-0.2, 0) is 13.1 Å². The minimum absolute atomic E-state index is 0.163. The van der Waals surface area contributed by atoms with Crippen molar-refractivity contribution in [1.29, 1.82) is 0 Å². The molecule has 3 heteroatoms. The van der Waals surface area contributed by atoms with E-state index >= 15 is 0 Å². The van der Waals surface area contributed by atoms with Gasteiger partial charge in [0.2, 0.25) is 0 Å². The van der Waals surface area contributed by atoms with Gasteiger partial charge in [0.1, 0.15) is 0 Å². The Morgan fingerprint density at radius 1 is 1.35 bits per heavy atom. The highest BCUT2D eigenvalue weighted by molar-refractivity contribution is 9.10. The molecule has 0 saturated carbocycles. The van der Waals surface area contributed by atoms with Crippen molar-refractivity contribution < 1.29 is 0 Å². The van der Waals surface area contributed by atoms with Crippen LogP contribution < -0.4 is 5.32 Å². The van der Waals surface area contributed by atoms with E-state index in [4.69, 9.17) is 0 Å². The number of halogens is 1. The molecule has 1 aliphatic rings. The largest absolute Gasteiger partial charge is 0.308 e. The first-order valence-corrected chi connectivity index (χ1v) is 8.41. The van der Waals surface area contributed by atoms with Crippen LogP contribution in [0.3, 0.4) is 0 Å². The van der Waals surface area contributed by atoms with Gasteiger partial charge < -0.3 is 5.32 Å². The van der Waals surface area contributed by atoms with Crippen molar-refractivity contribution in [2.24, 2.45) is 0 Å². The third-order valence-corrected chi connectivity index (χ3v) is 4.74. The first-order valence-electron chi connectivity index (χ1n) is 7.61. The second-order valence-electron chi connectivity index (χ2n) is 6.99. The third kappa shape index (κ3) is 4.57. The Balaban J connectivity index is 1.98. The zero-order valence-corrected chi connectivity index (χ0v) is 14.8. The van der Waals surface area contributed by atoms with Gasteiger partial charge in [-0.05, 0) is 64.3 Å². The van der Waals surface area contributed by atoms with Gasteiger partial charge >= 0.3 is 0 Å². The molecule has 0 aliphatic carbocycles. The molecule has 20 heavy (non-hydrogen) atoms. The quantitative estimate of drug-likeness (QED) is 0.879. The molecule has 1 fully saturated rings.